The molecule has 1 nitrogen and oxygen atoms in total. The molecular formula is C7H13N. The van der Waals surface area contributed by atoms with Crippen molar-refractivity contribution in [2.24, 2.45) is 0 Å². The third kappa shape index (κ3) is 2.56. The van der Waals surface area contributed by atoms with Crippen molar-refractivity contribution in [3.63, 3.8) is 0 Å². The van der Waals surface area contributed by atoms with Gasteiger partial charge in [0.05, 0.1) is 0 Å². The Morgan fingerprint density at radius 3 is 2.12 bits per heavy atom. The van der Waals surface area contributed by atoms with E-state index in [4.69, 9.17) is 5.41 Å². The van der Waals surface area contributed by atoms with Crippen molar-refractivity contribution < 1.29 is 0 Å². The molecule has 0 fully saturated rings. The fraction of sp³-hybridized carbons (Fsp3) is 0.571. The number of hydrogen-bond donors (Lipinski definition) is 1. The second-order valence-corrected chi connectivity index (χ2v) is 1.92. The summed E-state index contributed by atoms with van der Waals surface area (Å²) in [5, 5.41) is 7.14. The second-order valence-electron chi connectivity index (χ2n) is 1.92. The van der Waals surface area contributed by atoms with E-state index in [1.807, 2.05) is 13.8 Å². The Bertz CT molecular complexity index is 112. The molecule has 0 spiro atoms. The second kappa shape index (κ2) is 3.42. The van der Waals surface area contributed by atoms with E-state index in [0.717, 1.165) is 12.0 Å². The van der Waals surface area contributed by atoms with Crippen LogP contribution in [0.3, 0.4) is 0 Å². The smallest absolute Gasteiger partial charge is 0.0308 e. The molecule has 0 atom stereocenters. The average molecular weight is 111 g/mol. The molecule has 0 aliphatic heterocycles. The summed E-state index contributed by atoms with van der Waals surface area (Å²) in [6, 6.07) is 0. The summed E-state index contributed by atoms with van der Waals surface area (Å²) in [5.74, 6) is 0. The van der Waals surface area contributed by atoms with Crippen LogP contribution in [0.2, 0.25) is 0 Å². The molecular weight excluding hydrogens is 98.1 g/mol. The van der Waals surface area contributed by atoms with Gasteiger partial charge in [0.1, 0.15) is 0 Å². The minimum absolute atomic E-state index is 0.673. The zero-order valence-electron chi connectivity index (χ0n) is 5.78. The molecule has 0 aromatic heterocycles. The molecule has 0 saturated carbocycles. The standard InChI is InChI=1S/C7H13N/c1-4-5-6(2)7(3)8/h5,8H,4H2,1-3H3. The van der Waals surface area contributed by atoms with Crippen molar-refractivity contribution in [2.45, 2.75) is 27.2 Å². The van der Waals surface area contributed by atoms with Gasteiger partial charge in [0.25, 0.3) is 0 Å². The van der Waals surface area contributed by atoms with E-state index in [-0.39, 0.29) is 0 Å². The molecule has 46 valence electrons. The normalized spacial score (nSPS) is 11.6. The lowest BCUT2D eigenvalue weighted by Crippen LogP contribution is -1.88. The van der Waals surface area contributed by atoms with Crippen LogP contribution in [-0.2, 0) is 0 Å². The van der Waals surface area contributed by atoms with Crippen molar-refractivity contribution in [3.05, 3.63) is 11.6 Å². The predicted octanol–water partition coefficient (Wildman–Crippen LogP) is 2.38. The van der Waals surface area contributed by atoms with Crippen LogP contribution >= 0.6 is 0 Å². The Balaban J connectivity index is 3.80. The molecule has 0 unspecified atom stereocenters. The molecule has 0 bridgehead atoms. The highest BCUT2D eigenvalue weighted by Gasteiger charge is 1.86. The van der Waals surface area contributed by atoms with Crippen molar-refractivity contribution in [1.29, 1.82) is 5.41 Å². The molecule has 1 N–H and O–H groups in total. The number of allylic oxidation sites excluding steroid dienone is 2. The Hall–Kier alpha value is -0.590. The first-order chi connectivity index (χ1) is 3.68. The monoisotopic (exact) mass is 111 g/mol. The Morgan fingerprint density at radius 1 is 1.50 bits per heavy atom. The number of nitrogens with one attached hydrogen (secondary N) is 1. The fourth-order valence-corrected chi connectivity index (χ4v) is 0.459. The van der Waals surface area contributed by atoms with Crippen LogP contribution in [0, 0.1) is 5.41 Å². The molecule has 0 amide bonds. The molecule has 0 rings (SSSR count). The van der Waals surface area contributed by atoms with Gasteiger partial charge in [0, 0.05) is 5.71 Å². The van der Waals surface area contributed by atoms with E-state index in [1.54, 1.807) is 0 Å². The van der Waals surface area contributed by atoms with E-state index in [1.165, 1.54) is 0 Å². The van der Waals surface area contributed by atoms with Crippen LogP contribution in [0.15, 0.2) is 11.6 Å². The van der Waals surface area contributed by atoms with Gasteiger partial charge in [-0.25, -0.2) is 0 Å². The first-order valence-corrected chi connectivity index (χ1v) is 2.90. The van der Waals surface area contributed by atoms with Gasteiger partial charge in [-0.3, -0.25) is 0 Å². The molecule has 0 aromatic rings. The minimum Gasteiger partial charge on any atom is -0.305 e. The highest BCUT2D eigenvalue weighted by molar-refractivity contribution is 5.94. The van der Waals surface area contributed by atoms with E-state index >= 15 is 0 Å². The Kier molecular flexibility index (Phi) is 3.16. The van der Waals surface area contributed by atoms with Crippen molar-refractivity contribution in [2.75, 3.05) is 0 Å². The van der Waals surface area contributed by atoms with E-state index < -0.39 is 0 Å². The third-order valence-corrected chi connectivity index (χ3v) is 1.10. The van der Waals surface area contributed by atoms with Gasteiger partial charge >= 0.3 is 0 Å². The maximum atomic E-state index is 7.14. The molecule has 0 radical (unpaired) electrons. The Morgan fingerprint density at radius 2 is 2.00 bits per heavy atom. The number of hydrogen-bond acceptors (Lipinski definition) is 1. The predicted molar refractivity (Wildman–Crippen MR) is 37.4 cm³/mol. The molecule has 0 aliphatic carbocycles. The first-order valence-electron chi connectivity index (χ1n) is 2.90. The molecule has 0 aromatic carbocycles. The molecule has 0 heterocycles. The van der Waals surface area contributed by atoms with Gasteiger partial charge in [-0.2, -0.15) is 0 Å². The molecule has 0 saturated heterocycles. The maximum Gasteiger partial charge on any atom is 0.0308 e. The lowest BCUT2D eigenvalue weighted by Gasteiger charge is -1.92. The SMILES string of the molecule is CCC=C(C)C(C)=N. The fourth-order valence-electron chi connectivity index (χ4n) is 0.459. The van der Waals surface area contributed by atoms with Gasteiger partial charge in [0.2, 0.25) is 0 Å². The van der Waals surface area contributed by atoms with E-state index in [9.17, 15) is 0 Å². The summed E-state index contributed by atoms with van der Waals surface area (Å²) < 4.78 is 0. The largest absolute Gasteiger partial charge is 0.305 e. The van der Waals surface area contributed by atoms with Gasteiger partial charge < -0.3 is 5.41 Å². The zero-order valence-corrected chi connectivity index (χ0v) is 5.78. The summed E-state index contributed by atoms with van der Waals surface area (Å²) in [7, 11) is 0. The highest BCUT2D eigenvalue weighted by Crippen LogP contribution is 1.94. The van der Waals surface area contributed by atoms with Crippen LogP contribution in [0.25, 0.3) is 0 Å². The minimum atomic E-state index is 0.673. The lowest BCUT2D eigenvalue weighted by molar-refractivity contribution is 1.20. The zero-order chi connectivity index (χ0) is 6.57. The van der Waals surface area contributed by atoms with Crippen molar-refractivity contribution in [3.8, 4) is 0 Å². The first kappa shape index (κ1) is 7.41. The topological polar surface area (TPSA) is 23.9 Å². The van der Waals surface area contributed by atoms with Crippen molar-refractivity contribution >= 4 is 5.71 Å². The number of rotatable bonds is 2. The maximum absolute atomic E-state index is 7.14. The molecule has 0 aliphatic rings. The van der Waals surface area contributed by atoms with Gasteiger partial charge in [-0.1, -0.05) is 13.0 Å². The van der Waals surface area contributed by atoms with Gasteiger partial charge in [0.15, 0.2) is 0 Å². The van der Waals surface area contributed by atoms with Crippen LogP contribution < -0.4 is 0 Å². The Labute approximate surface area is 50.9 Å². The van der Waals surface area contributed by atoms with Gasteiger partial charge in [-0.05, 0) is 25.8 Å². The summed E-state index contributed by atoms with van der Waals surface area (Å²) in [5.41, 5.74) is 1.76. The average Bonchev–Trinajstić information content (AvgIpc) is 1.67. The van der Waals surface area contributed by atoms with E-state index in [2.05, 4.69) is 13.0 Å². The van der Waals surface area contributed by atoms with E-state index in [0.29, 0.717) is 5.71 Å². The third-order valence-electron chi connectivity index (χ3n) is 1.10. The molecule has 8 heavy (non-hydrogen) atoms. The van der Waals surface area contributed by atoms with Gasteiger partial charge in [-0.15, -0.1) is 0 Å². The summed E-state index contributed by atoms with van der Waals surface area (Å²) in [6.07, 6.45) is 3.09. The lowest BCUT2D eigenvalue weighted by atomic mass is 10.2. The van der Waals surface area contributed by atoms with Crippen molar-refractivity contribution in [1.82, 2.24) is 0 Å². The highest BCUT2D eigenvalue weighted by atomic mass is 14.4. The summed E-state index contributed by atoms with van der Waals surface area (Å²) in [6.45, 7) is 5.85. The van der Waals surface area contributed by atoms with Crippen LogP contribution in [0.4, 0.5) is 0 Å². The molecule has 1 heteroatoms. The van der Waals surface area contributed by atoms with Crippen LogP contribution in [0.1, 0.15) is 27.2 Å². The van der Waals surface area contributed by atoms with Crippen LogP contribution in [-0.4, -0.2) is 5.71 Å². The van der Waals surface area contributed by atoms with Crippen LogP contribution in [0.5, 0.6) is 0 Å². The quantitative estimate of drug-likeness (QED) is 0.529. The summed E-state index contributed by atoms with van der Waals surface area (Å²) >= 11 is 0. The summed E-state index contributed by atoms with van der Waals surface area (Å²) in [4.78, 5) is 0.